The van der Waals surface area contributed by atoms with E-state index in [9.17, 15) is 13.2 Å². The van der Waals surface area contributed by atoms with E-state index in [4.69, 9.17) is 0 Å². The van der Waals surface area contributed by atoms with Gasteiger partial charge in [0.1, 0.15) is 5.78 Å². The van der Waals surface area contributed by atoms with Crippen LogP contribution in [0.3, 0.4) is 0 Å². The van der Waals surface area contributed by atoms with E-state index in [0.717, 1.165) is 0 Å². The van der Waals surface area contributed by atoms with E-state index in [1.54, 1.807) is 20.0 Å². The van der Waals surface area contributed by atoms with Crippen LogP contribution in [0.4, 0.5) is 0 Å². The fourth-order valence-electron chi connectivity index (χ4n) is 2.23. The van der Waals surface area contributed by atoms with E-state index in [1.807, 2.05) is 0 Å². The molecule has 0 atom stereocenters. The minimum atomic E-state index is -3.50. The maximum Gasteiger partial charge on any atom is 0.245 e. The Bertz CT molecular complexity index is 517. The molecule has 1 aliphatic heterocycles. The lowest BCUT2D eigenvalue weighted by Gasteiger charge is -2.40. The summed E-state index contributed by atoms with van der Waals surface area (Å²) >= 11 is 0. The van der Waals surface area contributed by atoms with Gasteiger partial charge < -0.3 is 4.98 Å². The Morgan fingerprint density at radius 1 is 1.41 bits per heavy atom. The summed E-state index contributed by atoms with van der Waals surface area (Å²) in [5.74, 6) is 0.121. The molecule has 5 nitrogen and oxygen atoms in total. The molecule has 0 bridgehead atoms. The van der Waals surface area contributed by atoms with Crippen LogP contribution in [0.1, 0.15) is 26.7 Å². The fraction of sp³-hybridized carbons (Fsp3) is 0.545. The Kier molecular flexibility index (Phi) is 2.87. The summed E-state index contributed by atoms with van der Waals surface area (Å²) in [7, 11) is -3.50. The number of rotatable bonds is 2. The van der Waals surface area contributed by atoms with E-state index < -0.39 is 15.6 Å². The molecule has 1 aliphatic rings. The lowest BCUT2D eigenvalue weighted by molar-refractivity contribution is -0.123. The molecule has 94 valence electrons. The van der Waals surface area contributed by atoms with Crippen molar-refractivity contribution in [3.63, 3.8) is 0 Å². The van der Waals surface area contributed by atoms with E-state index in [-0.39, 0.29) is 23.6 Å². The quantitative estimate of drug-likeness (QED) is 0.862. The van der Waals surface area contributed by atoms with Gasteiger partial charge in [-0.2, -0.15) is 4.31 Å². The van der Waals surface area contributed by atoms with Crippen molar-refractivity contribution >= 4 is 15.8 Å². The number of hydrogen-bond acceptors (Lipinski definition) is 3. The predicted molar refractivity (Wildman–Crippen MR) is 63.0 cm³/mol. The van der Waals surface area contributed by atoms with Crippen molar-refractivity contribution in [1.29, 1.82) is 0 Å². The summed E-state index contributed by atoms with van der Waals surface area (Å²) in [4.78, 5) is 14.4. The van der Waals surface area contributed by atoms with Crippen LogP contribution in [0.5, 0.6) is 0 Å². The van der Waals surface area contributed by atoms with Gasteiger partial charge in [-0.25, -0.2) is 8.42 Å². The maximum absolute atomic E-state index is 12.4. The topological polar surface area (TPSA) is 70.2 Å². The smallest absolute Gasteiger partial charge is 0.245 e. The molecule has 1 aromatic rings. The first kappa shape index (κ1) is 12.3. The first-order valence-electron chi connectivity index (χ1n) is 5.51. The molecule has 0 spiro atoms. The highest BCUT2D eigenvalue weighted by Gasteiger charge is 2.41. The summed E-state index contributed by atoms with van der Waals surface area (Å²) in [6.45, 7) is 3.84. The second-order valence-corrected chi connectivity index (χ2v) is 6.76. The monoisotopic (exact) mass is 256 g/mol. The summed E-state index contributed by atoms with van der Waals surface area (Å²) in [6, 6.07) is 1.53. The second kappa shape index (κ2) is 3.96. The van der Waals surface area contributed by atoms with Crippen LogP contribution >= 0.6 is 0 Å². The van der Waals surface area contributed by atoms with Crippen LogP contribution in [0.2, 0.25) is 0 Å². The Morgan fingerprint density at radius 2 is 2.12 bits per heavy atom. The molecule has 1 fully saturated rings. The molecule has 0 saturated carbocycles. The first-order valence-corrected chi connectivity index (χ1v) is 6.95. The Hall–Kier alpha value is -1.14. The van der Waals surface area contributed by atoms with Crippen LogP contribution in [0.15, 0.2) is 23.4 Å². The van der Waals surface area contributed by atoms with Crippen LogP contribution in [0.25, 0.3) is 0 Å². The van der Waals surface area contributed by atoms with Gasteiger partial charge in [0.25, 0.3) is 0 Å². The summed E-state index contributed by atoms with van der Waals surface area (Å²) in [5, 5.41) is 0. The van der Waals surface area contributed by atoms with Crippen molar-refractivity contribution in [3.05, 3.63) is 18.5 Å². The van der Waals surface area contributed by atoms with Gasteiger partial charge in [0.05, 0.1) is 4.90 Å². The maximum atomic E-state index is 12.4. The van der Waals surface area contributed by atoms with E-state index in [1.165, 1.54) is 16.6 Å². The number of Topliss-reactive ketones (excluding diaryl/α,β-unsaturated/α-hetero) is 1. The highest BCUT2D eigenvalue weighted by atomic mass is 32.2. The van der Waals surface area contributed by atoms with Crippen molar-refractivity contribution in [2.45, 2.75) is 37.1 Å². The van der Waals surface area contributed by atoms with Gasteiger partial charge >= 0.3 is 0 Å². The highest BCUT2D eigenvalue weighted by Crippen LogP contribution is 2.31. The number of nitrogens with one attached hydrogen (secondary N) is 1. The number of nitrogens with zero attached hydrogens (tertiary/aromatic N) is 1. The lowest BCUT2D eigenvalue weighted by atomic mass is 9.92. The van der Waals surface area contributed by atoms with Gasteiger partial charge in [-0.05, 0) is 19.9 Å². The van der Waals surface area contributed by atoms with Crippen molar-refractivity contribution < 1.29 is 13.2 Å². The summed E-state index contributed by atoms with van der Waals surface area (Å²) < 4.78 is 26.2. The Morgan fingerprint density at radius 3 is 2.65 bits per heavy atom. The van der Waals surface area contributed by atoms with Crippen molar-refractivity contribution in [3.8, 4) is 0 Å². The van der Waals surface area contributed by atoms with E-state index >= 15 is 0 Å². The van der Waals surface area contributed by atoms with Gasteiger partial charge in [-0.3, -0.25) is 4.79 Å². The molecule has 0 aromatic carbocycles. The molecule has 17 heavy (non-hydrogen) atoms. The van der Waals surface area contributed by atoms with E-state index in [0.29, 0.717) is 6.42 Å². The van der Waals surface area contributed by atoms with Crippen molar-refractivity contribution in [2.75, 3.05) is 6.54 Å². The zero-order chi connectivity index (χ0) is 12.7. The van der Waals surface area contributed by atoms with Gasteiger partial charge in [-0.1, -0.05) is 0 Å². The molecule has 0 aliphatic carbocycles. The number of hydrogen-bond donors (Lipinski definition) is 1. The molecule has 2 heterocycles. The number of H-pyrrole nitrogens is 1. The molecule has 0 unspecified atom stereocenters. The lowest BCUT2D eigenvalue weighted by Crippen LogP contribution is -2.52. The predicted octanol–water partition coefficient (Wildman–Crippen LogP) is 1.15. The molecule has 6 heteroatoms. The van der Waals surface area contributed by atoms with Crippen molar-refractivity contribution in [2.24, 2.45) is 0 Å². The van der Waals surface area contributed by atoms with Crippen molar-refractivity contribution in [1.82, 2.24) is 9.29 Å². The fourth-order valence-corrected chi connectivity index (χ4v) is 3.99. The van der Waals surface area contributed by atoms with Crippen LogP contribution in [-0.2, 0) is 14.8 Å². The standard InChI is InChI=1S/C11H16N2O3S/c1-11(2)7-9(14)4-6-13(11)17(15,16)10-3-5-12-8-10/h3,5,8,12H,4,6-7H2,1-2H3. The summed E-state index contributed by atoms with van der Waals surface area (Å²) in [6.07, 6.45) is 3.61. The third-order valence-corrected chi connectivity index (χ3v) is 5.16. The molecule has 2 rings (SSSR count). The van der Waals surface area contributed by atoms with Crippen LogP contribution in [0, 0.1) is 0 Å². The molecular weight excluding hydrogens is 240 g/mol. The Labute approximate surface area is 101 Å². The molecule has 0 amide bonds. The van der Waals surface area contributed by atoms with Gasteiger partial charge in [0.2, 0.25) is 10.0 Å². The third kappa shape index (κ3) is 2.14. The van der Waals surface area contributed by atoms with Gasteiger partial charge in [0, 0.05) is 37.3 Å². The van der Waals surface area contributed by atoms with Crippen LogP contribution < -0.4 is 0 Å². The minimum absolute atomic E-state index is 0.121. The number of aromatic amines is 1. The number of piperidine rings is 1. The highest BCUT2D eigenvalue weighted by molar-refractivity contribution is 7.89. The zero-order valence-electron chi connectivity index (χ0n) is 9.93. The van der Waals surface area contributed by atoms with Gasteiger partial charge in [-0.15, -0.1) is 0 Å². The van der Waals surface area contributed by atoms with E-state index in [2.05, 4.69) is 4.98 Å². The molecule has 1 N–H and O–H groups in total. The average Bonchev–Trinajstić information content (AvgIpc) is 2.67. The number of sulfonamides is 1. The normalized spacial score (nSPS) is 21.6. The number of ketones is 1. The average molecular weight is 256 g/mol. The zero-order valence-corrected chi connectivity index (χ0v) is 10.8. The molecular formula is C11H16N2O3S. The molecule has 1 saturated heterocycles. The number of carbonyl (C=O) groups is 1. The first-order chi connectivity index (χ1) is 7.84. The molecule has 1 aromatic heterocycles. The number of carbonyl (C=O) groups excluding carboxylic acids is 1. The SMILES string of the molecule is CC1(C)CC(=O)CCN1S(=O)(=O)c1cc[nH]c1. The molecule has 0 radical (unpaired) electrons. The number of aromatic nitrogens is 1. The largest absolute Gasteiger partial charge is 0.366 e. The Balaban J connectivity index is 2.38. The van der Waals surface area contributed by atoms with Crippen LogP contribution in [-0.4, -0.2) is 35.6 Å². The minimum Gasteiger partial charge on any atom is -0.366 e. The third-order valence-electron chi connectivity index (χ3n) is 3.06. The summed E-state index contributed by atoms with van der Waals surface area (Å²) in [5.41, 5.74) is -0.647. The second-order valence-electron chi connectivity index (χ2n) is 4.90. The van der Waals surface area contributed by atoms with Gasteiger partial charge in [0.15, 0.2) is 0 Å².